The van der Waals surface area contributed by atoms with Gasteiger partial charge in [0.25, 0.3) is 0 Å². The van der Waals surface area contributed by atoms with E-state index in [9.17, 15) is 4.79 Å². The Balaban J connectivity index is 1.95. The second kappa shape index (κ2) is 5.10. The topological polar surface area (TPSA) is 68.5 Å². The molecule has 3 aromatic rings. The van der Waals surface area contributed by atoms with Crippen molar-refractivity contribution in [3.63, 3.8) is 0 Å². The van der Waals surface area contributed by atoms with Crippen LogP contribution < -0.4 is 10.1 Å². The van der Waals surface area contributed by atoms with E-state index in [0.29, 0.717) is 18.8 Å². The lowest BCUT2D eigenvalue weighted by Gasteiger charge is -2.17. The van der Waals surface area contributed by atoms with E-state index >= 15 is 0 Å². The van der Waals surface area contributed by atoms with Crippen LogP contribution in [-0.2, 0) is 11.3 Å². The highest BCUT2D eigenvalue weighted by Gasteiger charge is 2.31. The minimum Gasteiger partial charge on any atom is -0.481 e. The summed E-state index contributed by atoms with van der Waals surface area (Å²) in [4.78, 5) is 22.0. The highest BCUT2D eigenvalue weighted by atomic mass is 32.1. The number of hydrogen-bond donors (Lipinski definition) is 1. The molecular weight excluding hydrogens is 300 g/mol. The minimum atomic E-state index is -0.120. The number of amides is 1. The third-order valence-corrected chi connectivity index (χ3v) is 4.67. The van der Waals surface area contributed by atoms with Crippen LogP contribution in [0.4, 0.5) is 0 Å². The largest absolute Gasteiger partial charge is 0.481 e. The van der Waals surface area contributed by atoms with Crippen LogP contribution in [0.25, 0.3) is 4.96 Å². The van der Waals surface area contributed by atoms with E-state index in [4.69, 9.17) is 4.74 Å². The number of rotatable bonds is 2. The van der Waals surface area contributed by atoms with E-state index in [1.165, 1.54) is 0 Å². The van der Waals surface area contributed by atoms with Crippen LogP contribution in [-0.4, -0.2) is 27.4 Å². The van der Waals surface area contributed by atoms with Crippen LogP contribution in [0.3, 0.4) is 0 Å². The Labute approximate surface area is 130 Å². The number of ether oxygens (including phenoxy) is 1. The third kappa shape index (κ3) is 1.97. The van der Waals surface area contributed by atoms with Gasteiger partial charge in [-0.1, -0.05) is 6.07 Å². The van der Waals surface area contributed by atoms with Crippen molar-refractivity contribution >= 4 is 22.2 Å². The normalized spacial score (nSPS) is 17.9. The number of aromatic nitrogens is 3. The van der Waals surface area contributed by atoms with Gasteiger partial charge in [0.2, 0.25) is 11.8 Å². The van der Waals surface area contributed by atoms with E-state index in [0.717, 1.165) is 21.9 Å². The zero-order chi connectivity index (χ0) is 15.1. The number of methoxy groups -OCH3 is 1. The van der Waals surface area contributed by atoms with Gasteiger partial charge in [0.05, 0.1) is 25.0 Å². The van der Waals surface area contributed by atoms with Gasteiger partial charge in [-0.25, -0.2) is 9.97 Å². The Bertz CT molecular complexity index is 854. The molecule has 0 unspecified atom stereocenters. The highest BCUT2D eigenvalue weighted by molar-refractivity contribution is 7.15. The summed E-state index contributed by atoms with van der Waals surface area (Å²) in [6, 6.07) is 3.83. The van der Waals surface area contributed by atoms with Gasteiger partial charge in [0.1, 0.15) is 0 Å². The van der Waals surface area contributed by atoms with Gasteiger partial charge in [-0.15, -0.1) is 11.3 Å². The fraction of sp³-hybridized carbons (Fsp3) is 0.267. The number of nitrogens with zero attached hydrogens (tertiary/aromatic N) is 3. The molecule has 0 saturated carbocycles. The molecule has 1 amide bonds. The number of fused-ring (bicyclic) bond motifs is 3. The number of pyridine rings is 1. The van der Waals surface area contributed by atoms with E-state index in [1.54, 1.807) is 24.6 Å². The number of imidazole rings is 1. The molecule has 22 heavy (non-hydrogen) atoms. The van der Waals surface area contributed by atoms with Gasteiger partial charge in [-0.2, -0.15) is 0 Å². The van der Waals surface area contributed by atoms with Crippen molar-refractivity contribution in [2.75, 3.05) is 7.11 Å². The maximum absolute atomic E-state index is 12.1. The van der Waals surface area contributed by atoms with Crippen LogP contribution in [0, 0.1) is 0 Å². The Morgan fingerprint density at radius 1 is 1.50 bits per heavy atom. The predicted octanol–water partition coefficient (Wildman–Crippen LogP) is 1.95. The first-order valence-electron chi connectivity index (χ1n) is 6.98. The number of carbonyl (C=O) groups is 1. The summed E-state index contributed by atoms with van der Waals surface area (Å²) in [6.07, 6.45) is 4.05. The Morgan fingerprint density at radius 2 is 2.41 bits per heavy atom. The van der Waals surface area contributed by atoms with Crippen LogP contribution >= 0.6 is 11.3 Å². The standard InChI is InChI=1S/C15H14N4O2S/c1-21-14-9(3-2-4-16-14)10-7-12(20)17-8-11-13(10)19-5-6-22-15(19)18-11/h2-6,10H,7-8H2,1H3,(H,17,20)/t10-/m0/s1. The molecule has 1 aliphatic rings. The zero-order valence-electron chi connectivity index (χ0n) is 11.9. The summed E-state index contributed by atoms with van der Waals surface area (Å²) in [6.45, 7) is 0.460. The van der Waals surface area contributed by atoms with E-state index in [2.05, 4.69) is 19.7 Å². The lowest BCUT2D eigenvalue weighted by Crippen LogP contribution is -2.21. The van der Waals surface area contributed by atoms with Crippen molar-refractivity contribution in [1.29, 1.82) is 0 Å². The summed E-state index contributed by atoms with van der Waals surface area (Å²) in [5.41, 5.74) is 2.87. The molecule has 4 heterocycles. The van der Waals surface area contributed by atoms with Crippen molar-refractivity contribution < 1.29 is 9.53 Å². The minimum absolute atomic E-state index is 0.0119. The van der Waals surface area contributed by atoms with Crippen LogP contribution in [0.5, 0.6) is 5.88 Å². The Hall–Kier alpha value is -2.41. The molecule has 0 fully saturated rings. The smallest absolute Gasteiger partial charge is 0.221 e. The van der Waals surface area contributed by atoms with Gasteiger partial charge in [-0.3, -0.25) is 9.20 Å². The monoisotopic (exact) mass is 314 g/mol. The zero-order valence-corrected chi connectivity index (χ0v) is 12.8. The molecule has 4 rings (SSSR count). The molecule has 3 aromatic heterocycles. The van der Waals surface area contributed by atoms with Gasteiger partial charge < -0.3 is 10.1 Å². The van der Waals surface area contributed by atoms with Crippen molar-refractivity contribution in [2.45, 2.75) is 18.9 Å². The SMILES string of the molecule is COc1ncccc1[C@@H]1CC(=O)NCc2nc3sccn3c21. The van der Waals surface area contributed by atoms with E-state index in [1.807, 2.05) is 23.7 Å². The molecule has 1 N–H and O–H groups in total. The second-order valence-electron chi connectivity index (χ2n) is 5.13. The summed E-state index contributed by atoms with van der Waals surface area (Å²) in [5.74, 6) is 0.446. The summed E-state index contributed by atoms with van der Waals surface area (Å²) in [5, 5.41) is 4.92. The molecule has 0 aliphatic carbocycles. The average Bonchev–Trinajstić information content (AvgIpc) is 3.07. The van der Waals surface area contributed by atoms with Gasteiger partial charge >= 0.3 is 0 Å². The fourth-order valence-corrected chi connectivity index (χ4v) is 3.72. The fourth-order valence-electron chi connectivity index (χ4n) is 2.98. The van der Waals surface area contributed by atoms with Crippen LogP contribution in [0.1, 0.15) is 29.3 Å². The molecule has 1 aliphatic heterocycles. The average molecular weight is 314 g/mol. The number of nitrogens with one attached hydrogen (secondary N) is 1. The summed E-state index contributed by atoms with van der Waals surface area (Å²) in [7, 11) is 1.60. The van der Waals surface area contributed by atoms with Crippen LogP contribution in [0.15, 0.2) is 29.9 Å². The van der Waals surface area contributed by atoms with E-state index < -0.39 is 0 Å². The molecule has 1 atom stereocenters. The molecule has 0 aromatic carbocycles. The Morgan fingerprint density at radius 3 is 3.27 bits per heavy atom. The second-order valence-corrected chi connectivity index (χ2v) is 6.01. The van der Waals surface area contributed by atoms with Crippen LogP contribution in [0.2, 0.25) is 0 Å². The molecule has 0 radical (unpaired) electrons. The molecule has 6 nitrogen and oxygen atoms in total. The number of hydrogen-bond acceptors (Lipinski definition) is 5. The quantitative estimate of drug-likeness (QED) is 0.785. The first-order valence-corrected chi connectivity index (χ1v) is 7.86. The number of thiazole rings is 1. The van der Waals surface area contributed by atoms with Gasteiger partial charge in [-0.05, 0) is 6.07 Å². The molecule has 7 heteroatoms. The summed E-state index contributed by atoms with van der Waals surface area (Å²) < 4.78 is 7.46. The molecular formula is C15H14N4O2S. The molecule has 0 saturated heterocycles. The Kier molecular flexibility index (Phi) is 3.07. The van der Waals surface area contributed by atoms with Gasteiger partial charge in [0, 0.05) is 35.7 Å². The maximum Gasteiger partial charge on any atom is 0.221 e. The highest BCUT2D eigenvalue weighted by Crippen LogP contribution is 2.37. The van der Waals surface area contributed by atoms with Crippen molar-refractivity contribution in [3.8, 4) is 5.88 Å². The lowest BCUT2D eigenvalue weighted by molar-refractivity contribution is -0.121. The summed E-state index contributed by atoms with van der Waals surface area (Å²) >= 11 is 1.59. The molecule has 0 spiro atoms. The van der Waals surface area contributed by atoms with Gasteiger partial charge in [0.15, 0.2) is 4.96 Å². The maximum atomic E-state index is 12.1. The first kappa shape index (κ1) is 13.3. The molecule has 112 valence electrons. The molecule has 0 bridgehead atoms. The van der Waals surface area contributed by atoms with E-state index in [-0.39, 0.29) is 11.8 Å². The third-order valence-electron chi connectivity index (χ3n) is 3.92. The number of carbonyl (C=O) groups excluding carboxylic acids is 1. The first-order chi connectivity index (χ1) is 10.8. The lowest BCUT2D eigenvalue weighted by atomic mass is 9.92. The van der Waals surface area contributed by atoms with Crippen molar-refractivity contribution in [3.05, 3.63) is 46.9 Å². The van der Waals surface area contributed by atoms with Crippen molar-refractivity contribution in [1.82, 2.24) is 19.7 Å². The predicted molar refractivity (Wildman–Crippen MR) is 82.2 cm³/mol. The van der Waals surface area contributed by atoms with Crippen molar-refractivity contribution in [2.24, 2.45) is 0 Å².